The first-order chi connectivity index (χ1) is 10.2. The average molecular weight is 290 g/mol. The van der Waals surface area contributed by atoms with Crippen molar-refractivity contribution in [3.8, 4) is 11.6 Å². The standard InChI is InChI=1S/C14H18N4O3/c1-10-9-15-6-7-18(10)13(19)5-4-12-16-14(17-21-12)11-3-2-8-20-11/h2-3,8,10,15H,4-7,9H2,1H3/t10-/m0/s1. The first-order valence-electron chi connectivity index (χ1n) is 7.10. The van der Waals surface area contributed by atoms with Crippen molar-refractivity contribution >= 4 is 5.91 Å². The van der Waals surface area contributed by atoms with E-state index in [9.17, 15) is 4.79 Å². The molecule has 3 rings (SSSR count). The summed E-state index contributed by atoms with van der Waals surface area (Å²) in [7, 11) is 0. The number of hydrogen-bond donors (Lipinski definition) is 1. The van der Waals surface area contributed by atoms with E-state index in [-0.39, 0.29) is 11.9 Å². The molecule has 0 aromatic carbocycles. The zero-order chi connectivity index (χ0) is 14.7. The zero-order valence-electron chi connectivity index (χ0n) is 11.9. The molecule has 7 heteroatoms. The van der Waals surface area contributed by atoms with E-state index >= 15 is 0 Å². The molecule has 21 heavy (non-hydrogen) atoms. The SMILES string of the molecule is C[C@H]1CNCCN1C(=O)CCc1nc(-c2ccco2)no1. The van der Waals surface area contributed by atoms with Gasteiger partial charge in [0.2, 0.25) is 17.6 Å². The highest BCUT2D eigenvalue weighted by Crippen LogP contribution is 2.16. The number of amides is 1. The molecule has 1 fully saturated rings. The van der Waals surface area contributed by atoms with Crippen molar-refractivity contribution in [3.05, 3.63) is 24.3 Å². The van der Waals surface area contributed by atoms with Crippen molar-refractivity contribution in [2.45, 2.75) is 25.8 Å². The number of furan rings is 1. The van der Waals surface area contributed by atoms with Crippen molar-refractivity contribution in [2.24, 2.45) is 0 Å². The molecule has 0 saturated carbocycles. The second-order valence-electron chi connectivity index (χ2n) is 5.13. The van der Waals surface area contributed by atoms with Gasteiger partial charge in [-0.3, -0.25) is 4.79 Å². The van der Waals surface area contributed by atoms with Gasteiger partial charge in [0.1, 0.15) is 0 Å². The lowest BCUT2D eigenvalue weighted by Crippen LogP contribution is -2.52. The van der Waals surface area contributed by atoms with Gasteiger partial charge in [0.25, 0.3) is 0 Å². The van der Waals surface area contributed by atoms with E-state index in [1.54, 1.807) is 18.4 Å². The fraction of sp³-hybridized carbons (Fsp3) is 0.500. The van der Waals surface area contributed by atoms with Crippen LogP contribution in [0, 0.1) is 0 Å². The molecule has 1 atom stereocenters. The molecule has 112 valence electrons. The second-order valence-corrected chi connectivity index (χ2v) is 5.13. The lowest BCUT2D eigenvalue weighted by molar-refractivity contribution is -0.134. The van der Waals surface area contributed by atoms with E-state index in [0.29, 0.717) is 30.3 Å². The Morgan fingerprint density at radius 1 is 1.57 bits per heavy atom. The highest BCUT2D eigenvalue weighted by Gasteiger charge is 2.23. The predicted octanol–water partition coefficient (Wildman–Crippen LogP) is 1.08. The summed E-state index contributed by atoms with van der Waals surface area (Å²) in [5, 5.41) is 7.12. The van der Waals surface area contributed by atoms with Crippen molar-refractivity contribution < 1.29 is 13.7 Å². The number of piperazine rings is 1. The molecule has 2 aromatic rings. The molecule has 0 bridgehead atoms. The molecule has 7 nitrogen and oxygen atoms in total. The highest BCUT2D eigenvalue weighted by atomic mass is 16.5. The molecular weight excluding hydrogens is 272 g/mol. The number of aromatic nitrogens is 2. The minimum absolute atomic E-state index is 0.127. The van der Waals surface area contributed by atoms with Crippen LogP contribution < -0.4 is 5.32 Å². The van der Waals surface area contributed by atoms with Gasteiger partial charge in [0, 0.05) is 38.5 Å². The van der Waals surface area contributed by atoms with E-state index in [0.717, 1.165) is 19.6 Å². The maximum Gasteiger partial charge on any atom is 0.238 e. The summed E-state index contributed by atoms with van der Waals surface area (Å²) in [6, 6.07) is 3.76. The fourth-order valence-electron chi connectivity index (χ4n) is 2.43. The number of aryl methyl sites for hydroxylation is 1. The Morgan fingerprint density at radius 3 is 3.24 bits per heavy atom. The van der Waals surface area contributed by atoms with Crippen LogP contribution in [0.15, 0.2) is 27.3 Å². The summed E-state index contributed by atoms with van der Waals surface area (Å²) in [5.74, 6) is 1.56. The molecule has 0 unspecified atom stereocenters. The van der Waals surface area contributed by atoms with Crippen molar-refractivity contribution in [1.82, 2.24) is 20.4 Å². The van der Waals surface area contributed by atoms with Gasteiger partial charge in [-0.15, -0.1) is 0 Å². The molecule has 0 spiro atoms. The number of nitrogens with one attached hydrogen (secondary N) is 1. The number of hydrogen-bond acceptors (Lipinski definition) is 6. The third-order valence-corrected chi connectivity index (χ3v) is 3.58. The van der Waals surface area contributed by atoms with Crippen LogP contribution in [0.1, 0.15) is 19.2 Å². The molecule has 2 aromatic heterocycles. The predicted molar refractivity (Wildman–Crippen MR) is 74.4 cm³/mol. The molecule has 1 aliphatic heterocycles. The molecule has 1 aliphatic rings. The maximum atomic E-state index is 12.2. The molecule has 0 radical (unpaired) electrons. The smallest absolute Gasteiger partial charge is 0.238 e. The van der Waals surface area contributed by atoms with E-state index in [1.165, 1.54) is 0 Å². The van der Waals surface area contributed by atoms with Gasteiger partial charge in [-0.1, -0.05) is 5.16 Å². The van der Waals surface area contributed by atoms with Crippen LogP contribution in [0.2, 0.25) is 0 Å². The first kappa shape index (κ1) is 13.8. The summed E-state index contributed by atoms with van der Waals surface area (Å²) in [5.41, 5.74) is 0. The Labute approximate surface area is 122 Å². The number of nitrogens with zero attached hydrogens (tertiary/aromatic N) is 3. The minimum Gasteiger partial charge on any atom is -0.461 e. The van der Waals surface area contributed by atoms with Crippen LogP contribution in [0.4, 0.5) is 0 Å². The van der Waals surface area contributed by atoms with Crippen LogP contribution in [-0.2, 0) is 11.2 Å². The fourth-order valence-corrected chi connectivity index (χ4v) is 2.43. The number of rotatable bonds is 4. The third kappa shape index (κ3) is 3.13. The van der Waals surface area contributed by atoms with Gasteiger partial charge < -0.3 is 19.2 Å². The normalized spacial score (nSPS) is 18.9. The van der Waals surface area contributed by atoms with Crippen LogP contribution in [0.5, 0.6) is 0 Å². The topological polar surface area (TPSA) is 84.4 Å². The Kier molecular flexibility index (Phi) is 4.01. The van der Waals surface area contributed by atoms with Gasteiger partial charge >= 0.3 is 0 Å². The van der Waals surface area contributed by atoms with Crippen LogP contribution in [0.3, 0.4) is 0 Å². The van der Waals surface area contributed by atoms with Crippen molar-refractivity contribution in [1.29, 1.82) is 0 Å². The van der Waals surface area contributed by atoms with Crippen LogP contribution in [-0.4, -0.2) is 46.6 Å². The summed E-state index contributed by atoms with van der Waals surface area (Å²) in [6.07, 6.45) is 2.38. The summed E-state index contributed by atoms with van der Waals surface area (Å²) >= 11 is 0. The van der Waals surface area contributed by atoms with Gasteiger partial charge in [-0.05, 0) is 19.1 Å². The quantitative estimate of drug-likeness (QED) is 0.907. The van der Waals surface area contributed by atoms with Gasteiger partial charge in [-0.25, -0.2) is 0 Å². The lowest BCUT2D eigenvalue weighted by Gasteiger charge is -2.34. The zero-order valence-corrected chi connectivity index (χ0v) is 11.9. The summed E-state index contributed by atoms with van der Waals surface area (Å²) in [6.45, 7) is 4.49. The Bertz CT molecular complexity index is 593. The molecule has 1 saturated heterocycles. The highest BCUT2D eigenvalue weighted by molar-refractivity contribution is 5.76. The van der Waals surface area contributed by atoms with Crippen molar-refractivity contribution in [3.63, 3.8) is 0 Å². The average Bonchev–Trinajstić information content (AvgIpc) is 3.16. The first-order valence-corrected chi connectivity index (χ1v) is 7.10. The Hall–Kier alpha value is -2.15. The van der Waals surface area contributed by atoms with E-state index in [1.807, 2.05) is 11.8 Å². The third-order valence-electron chi connectivity index (χ3n) is 3.58. The molecule has 0 aliphatic carbocycles. The monoisotopic (exact) mass is 290 g/mol. The molecule has 3 heterocycles. The van der Waals surface area contributed by atoms with Crippen LogP contribution >= 0.6 is 0 Å². The molecule has 1 N–H and O–H groups in total. The number of carbonyl (C=O) groups excluding carboxylic acids is 1. The van der Waals surface area contributed by atoms with E-state index < -0.39 is 0 Å². The van der Waals surface area contributed by atoms with E-state index in [4.69, 9.17) is 8.94 Å². The Morgan fingerprint density at radius 2 is 2.48 bits per heavy atom. The van der Waals surface area contributed by atoms with E-state index in [2.05, 4.69) is 15.5 Å². The largest absolute Gasteiger partial charge is 0.461 e. The summed E-state index contributed by atoms with van der Waals surface area (Å²) < 4.78 is 10.3. The molecule has 1 amide bonds. The maximum absolute atomic E-state index is 12.2. The van der Waals surface area contributed by atoms with Gasteiger partial charge in [-0.2, -0.15) is 4.98 Å². The summed E-state index contributed by atoms with van der Waals surface area (Å²) in [4.78, 5) is 18.3. The minimum atomic E-state index is 0.127. The van der Waals surface area contributed by atoms with Gasteiger partial charge in [0.05, 0.1) is 6.26 Å². The Balaban J connectivity index is 1.56. The van der Waals surface area contributed by atoms with Crippen molar-refractivity contribution in [2.75, 3.05) is 19.6 Å². The number of carbonyl (C=O) groups is 1. The second kappa shape index (κ2) is 6.09. The van der Waals surface area contributed by atoms with Gasteiger partial charge in [0.15, 0.2) is 5.76 Å². The lowest BCUT2D eigenvalue weighted by atomic mass is 10.2. The van der Waals surface area contributed by atoms with Crippen LogP contribution in [0.25, 0.3) is 11.6 Å². The molecular formula is C14H18N4O3.